The molecule has 0 saturated carbocycles. The number of ether oxygens (including phenoxy) is 2. The van der Waals surface area contributed by atoms with Gasteiger partial charge in [-0.25, -0.2) is 12.8 Å². The smallest absolute Gasteiger partial charge is 0.404 e. The summed E-state index contributed by atoms with van der Waals surface area (Å²) in [5.74, 6) is -2.65. The summed E-state index contributed by atoms with van der Waals surface area (Å²) in [6, 6.07) is 8.03. The number of sulfonamides is 1. The van der Waals surface area contributed by atoms with Crippen LogP contribution in [-0.4, -0.2) is 27.5 Å². The van der Waals surface area contributed by atoms with Crippen molar-refractivity contribution >= 4 is 15.7 Å². The van der Waals surface area contributed by atoms with Crippen LogP contribution in [0.5, 0.6) is 17.2 Å². The van der Waals surface area contributed by atoms with E-state index in [0.717, 1.165) is 30.2 Å². The zero-order valence-electron chi connectivity index (χ0n) is 14.4. The van der Waals surface area contributed by atoms with E-state index < -0.39 is 27.8 Å². The molecule has 2 rings (SSSR count). The van der Waals surface area contributed by atoms with Crippen molar-refractivity contribution in [3.8, 4) is 17.2 Å². The minimum Gasteiger partial charge on any atom is -0.493 e. The highest BCUT2D eigenvalue weighted by Gasteiger charge is 2.35. The summed E-state index contributed by atoms with van der Waals surface area (Å²) in [5, 5.41) is 0. The molecular formula is C17H17F4NO4S. The summed E-state index contributed by atoms with van der Waals surface area (Å²) in [6.45, 7) is 1.95. The van der Waals surface area contributed by atoms with Crippen LogP contribution in [0.25, 0.3) is 0 Å². The van der Waals surface area contributed by atoms with E-state index in [4.69, 9.17) is 9.47 Å². The van der Waals surface area contributed by atoms with E-state index in [-0.39, 0.29) is 17.2 Å². The highest BCUT2D eigenvalue weighted by molar-refractivity contribution is 7.92. The molecule has 0 radical (unpaired) electrons. The Labute approximate surface area is 154 Å². The van der Waals surface area contributed by atoms with E-state index in [9.17, 15) is 26.0 Å². The van der Waals surface area contributed by atoms with E-state index in [0.29, 0.717) is 5.75 Å². The summed E-state index contributed by atoms with van der Waals surface area (Å²) >= 11 is 0. The average molecular weight is 407 g/mol. The molecule has 0 unspecified atom stereocenters. The third-order valence-corrected chi connectivity index (χ3v) is 4.67. The fourth-order valence-electron chi connectivity index (χ4n) is 2.21. The van der Waals surface area contributed by atoms with E-state index in [1.165, 1.54) is 7.11 Å². The lowest BCUT2D eigenvalue weighted by Gasteiger charge is -2.14. The van der Waals surface area contributed by atoms with Gasteiger partial charge >= 0.3 is 6.18 Å². The van der Waals surface area contributed by atoms with Crippen LogP contribution in [0, 0.1) is 5.82 Å². The number of anilines is 1. The maximum Gasteiger partial charge on any atom is 0.404 e. The Morgan fingerprint density at radius 3 is 2.26 bits per heavy atom. The van der Waals surface area contributed by atoms with E-state index >= 15 is 0 Å². The van der Waals surface area contributed by atoms with Crippen LogP contribution in [0.3, 0.4) is 0 Å². The SMILES string of the molecule is CCc1ccc(Oc2ccc(NS(=O)(=O)CC(F)(F)F)cc2F)c(OC)c1. The van der Waals surface area contributed by atoms with Crippen LogP contribution in [0.4, 0.5) is 23.2 Å². The van der Waals surface area contributed by atoms with Gasteiger partial charge in [-0.05, 0) is 36.2 Å². The lowest BCUT2D eigenvalue weighted by atomic mass is 10.1. The number of rotatable bonds is 7. The summed E-state index contributed by atoms with van der Waals surface area (Å²) in [5.41, 5.74) is 0.631. The lowest BCUT2D eigenvalue weighted by Crippen LogP contribution is -2.27. The van der Waals surface area contributed by atoms with Crippen molar-refractivity contribution in [1.82, 2.24) is 0 Å². The van der Waals surface area contributed by atoms with Gasteiger partial charge < -0.3 is 9.47 Å². The molecule has 0 bridgehead atoms. The summed E-state index contributed by atoms with van der Waals surface area (Å²) < 4.78 is 86.1. The number of methoxy groups -OCH3 is 1. The number of alkyl halides is 3. The van der Waals surface area contributed by atoms with Gasteiger partial charge in [0.1, 0.15) is 0 Å². The Morgan fingerprint density at radius 2 is 1.70 bits per heavy atom. The molecule has 0 fully saturated rings. The van der Waals surface area contributed by atoms with Crippen molar-refractivity contribution in [2.75, 3.05) is 17.6 Å². The van der Waals surface area contributed by atoms with Crippen LogP contribution in [-0.2, 0) is 16.4 Å². The summed E-state index contributed by atoms with van der Waals surface area (Å²) in [7, 11) is -3.27. The first kappa shape index (κ1) is 20.8. The van der Waals surface area contributed by atoms with Crippen molar-refractivity contribution in [2.24, 2.45) is 0 Å². The molecule has 0 aliphatic rings. The molecule has 0 aliphatic carbocycles. The first-order valence-corrected chi connectivity index (χ1v) is 9.40. The van der Waals surface area contributed by atoms with Crippen molar-refractivity contribution in [3.05, 3.63) is 47.8 Å². The summed E-state index contributed by atoms with van der Waals surface area (Å²) in [6.07, 6.45) is -4.15. The molecule has 2 aromatic rings. The topological polar surface area (TPSA) is 64.6 Å². The Hall–Kier alpha value is -2.49. The Balaban J connectivity index is 2.20. The Bertz CT molecular complexity index is 914. The molecule has 0 heterocycles. The lowest BCUT2D eigenvalue weighted by molar-refractivity contribution is -0.106. The second kappa shape index (κ2) is 8.03. The van der Waals surface area contributed by atoms with Crippen LogP contribution < -0.4 is 14.2 Å². The monoisotopic (exact) mass is 407 g/mol. The van der Waals surface area contributed by atoms with Gasteiger partial charge in [0.2, 0.25) is 10.0 Å². The molecule has 0 atom stereocenters. The maximum atomic E-state index is 14.2. The molecule has 0 saturated heterocycles. The minimum atomic E-state index is -4.91. The van der Waals surface area contributed by atoms with Crippen LogP contribution in [0.15, 0.2) is 36.4 Å². The van der Waals surface area contributed by atoms with Crippen molar-refractivity contribution < 1.29 is 35.5 Å². The zero-order chi connectivity index (χ0) is 20.2. The van der Waals surface area contributed by atoms with Crippen molar-refractivity contribution in [2.45, 2.75) is 19.5 Å². The van der Waals surface area contributed by atoms with Crippen LogP contribution in [0.1, 0.15) is 12.5 Å². The van der Waals surface area contributed by atoms with Crippen molar-refractivity contribution in [1.29, 1.82) is 0 Å². The fourth-order valence-corrected chi connectivity index (χ4v) is 3.20. The second-order valence-corrected chi connectivity index (χ2v) is 7.28. The van der Waals surface area contributed by atoms with Gasteiger partial charge in [-0.2, -0.15) is 13.2 Å². The van der Waals surface area contributed by atoms with Crippen LogP contribution in [0.2, 0.25) is 0 Å². The van der Waals surface area contributed by atoms with E-state index in [2.05, 4.69) is 0 Å². The van der Waals surface area contributed by atoms with E-state index in [1.807, 2.05) is 6.92 Å². The molecule has 148 valence electrons. The van der Waals surface area contributed by atoms with E-state index in [1.54, 1.807) is 22.9 Å². The number of hydrogen-bond donors (Lipinski definition) is 1. The summed E-state index contributed by atoms with van der Waals surface area (Å²) in [4.78, 5) is 0. The normalized spacial score (nSPS) is 11.9. The van der Waals surface area contributed by atoms with Gasteiger partial charge in [0, 0.05) is 6.07 Å². The number of benzene rings is 2. The zero-order valence-corrected chi connectivity index (χ0v) is 15.2. The van der Waals surface area contributed by atoms with Gasteiger partial charge in [-0.1, -0.05) is 13.0 Å². The predicted molar refractivity (Wildman–Crippen MR) is 92.3 cm³/mol. The second-order valence-electron chi connectivity index (χ2n) is 5.56. The molecule has 10 heteroatoms. The first-order chi connectivity index (χ1) is 12.5. The minimum absolute atomic E-state index is 0.235. The van der Waals surface area contributed by atoms with Gasteiger partial charge in [-0.15, -0.1) is 0 Å². The third-order valence-electron chi connectivity index (χ3n) is 3.42. The van der Waals surface area contributed by atoms with Gasteiger partial charge in [0.25, 0.3) is 0 Å². The standard InChI is InChI=1S/C17H17F4NO4S/c1-3-11-4-6-15(16(8-11)25-2)26-14-7-5-12(9-13(14)18)22-27(23,24)10-17(19,20)21/h4-9,22H,3,10H2,1-2H3. The molecule has 0 spiro atoms. The molecule has 1 N–H and O–H groups in total. The predicted octanol–water partition coefficient (Wildman–Crippen LogP) is 4.49. The third kappa shape index (κ3) is 6.02. The molecule has 5 nitrogen and oxygen atoms in total. The van der Waals surface area contributed by atoms with Gasteiger partial charge in [-0.3, -0.25) is 4.72 Å². The molecule has 0 aliphatic heterocycles. The Kier molecular flexibility index (Phi) is 6.19. The molecule has 0 amide bonds. The Morgan fingerprint density at radius 1 is 1.04 bits per heavy atom. The van der Waals surface area contributed by atoms with Gasteiger partial charge in [0.05, 0.1) is 12.8 Å². The molecule has 27 heavy (non-hydrogen) atoms. The largest absolute Gasteiger partial charge is 0.493 e. The average Bonchev–Trinajstić information content (AvgIpc) is 2.54. The number of nitrogens with one attached hydrogen (secondary N) is 1. The number of halogens is 4. The van der Waals surface area contributed by atoms with Crippen molar-refractivity contribution in [3.63, 3.8) is 0 Å². The highest BCUT2D eigenvalue weighted by atomic mass is 32.2. The highest BCUT2D eigenvalue weighted by Crippen LogP contribution is 2.34. The maximum absolute atomic E-state index is 14.2. The fraction of sp³-hybridized carbons (Fsp3) is 0.294. The number of hydrogen-bond acceptors (Lipinski definition) is 4. The molecule has 0 aromatic heterocycles. The van der Waals surface area contributed by atoms with Gasteiger partial charge in [0.15, 0.2) is 28.8 Å². The molecular weight excluding hydrogens is 390 g/mol. The van der Waals surface area contributed by atoms with Crippen LogP contribution >= 0.6 is 0 Å². The molecule has 2 aromatic carbocycles. The number of aryl methyl sites for hydroxylation is 1. The first-order valence-electron chi connectivity index (χ1n) is 7.74. The quantitative estimate of drug-likeness (QED) is 0.687.